The first-order valence-corrected chi connectivity index (χ1v) is 9.77. The number of imidazole rings is 1. The molecule has 2 aromatic carbocycles. The predicted molar refractivity (Wildman–Crippen MR) is 92.5 cm³/mol. The Labute approximate surface area is 160 Å². The van der Waals surface area contributed by atoms with E-state index in [9.17, 15) is 30.4 Å². The van der Waals surface area contributed by atoms with Gasteiger partial charge in [0.15, 0.2) is 9.84 Å². The Morgan fingerprint density at radius 3 is 2.00 bits per heavy atom. The lowest BCUT2D eigenvalue weighted by atomic mass is 10.0. The maximum absolute atomic E-state index is 14.2. The van der Waals surface area contributed by atoms with Crippen molar-refractivity contribution in [1.82, 2.24) is 9.97 Å². The number of nitrogens with zero attached hydrogens (tertiary/aromatic N) is 1. The Balaban J connectivity index is 2.27. The predicted octanol–water partition coefficient (Wildman–Crippen LogP) is 5.10. The van der Waals surface area contributed by atoms with Crippen LogP contribution < -0.4 is 0 Å². The molecule has 0 fully saturated rings. The smallest absolute Gasteiger partial charge is 0.334 e. The molecule has 0 aliphatic carbocycles. The van der Waals surface area contributed by atoms with Crippen LogP contribution in [0.2, 0.25) is 5.02 Å². The fourth-order valence-electron chi connectivity index (χ4n) is 2.59. The van der Waals surface area contributed by atoms with Gasteiger partial charge in [0.05, 0.1) is 11.4 Å². The second kappa shape index (κ2) is 6.85. The summed E-state index contributed by atoms with van der Waals surface area (Å²) in [6.45, 7) is 0. The van der Waals surface area contributed by atoms with Gasteiger partial charge in [-0.15, -0.1) is 0 Å². The van der Waals surface area contributed by atoms with Crippen molar-refractivity contribution in [3.05, 3.63) is 58.9 Å². The summed E-state index contributed by atoms with van der Waals surface area (Å²) in [6.07, 6.45) is -4.23. The molecular weight excluding hydrogens is 427 g/mol. The number of alkyl halides is 3. The van der Waals surface area contributed by atoms with E-state index < -0.39 is 44.1 Å². The van der Waals surface area contributed by atoms with Crippen LogP contribution in [0.1, 0.15) is 5.82 Å². The van der Waals surface area contributed by atoms with E-state index in [1.165, 1.54) is 24.3 Å². The minimum absolute atomic E-state index is 0.158. The summed E-state index contributed by atoms with van der Waals surface area (Å²) in [6, 6.07) is 6.88. The lowest BCUT2D eigenvalue weighted by molar-refractivity contribution is -0.144. The van der Waals surface area contributed by atoms with Crippen molar-refractivity contribution in [2.45, 2.75) is 11.1 Å². The molecule has 1 aromatic heterocycles. The molecule has 11 heteroatoms. The molecule has 148 valence electrons. The molecule has 4 nitrogen and oxygen atoms in total. The van der Waals surface area contributed by atoms with E-state index in [-0.39, 0.29) is 16.8 Å². The lowest BCUT2D eigenvalue weighted by Gasteiger charge is -2.07. The highest BCUT2D eigenvalue weighted by atomic mass is 35.5. The Bertz CT molecular complexity index is 1130. The van der Waals surface area contributed by atoms with Crippen LogP contribution in [0.25, 0.3) is 22.5 Å². The summed E-state index contributed by atoms with van der Waals surface area (Å²) in [5.41, 5.74) is -0.683. The molecule has 0 saturated heterocycles. The molecule has 0 saturated carbocycles. The van der Waals surface area contributed by atoms with Gasteiger partial charge in [0.25, 0.3) is 0 Å². The largest absolute Gasteiger partial charge is 0.449 e. The zero-order valence-electron chi connectivity index (χ0n) is 13.9. The summed E-state index contributed by atoms with van der Waals surface area (Å²) in [5.74, 6) is -4.24. The maximum Gasteiger partial charge on any atom is 0.449 e. The number of hydrogen-bond donors (Lipinski definition) is 1. The fourth-order valence-corrected chi connectivity index (χ4v) is 3.54. The number of rotatable bonds is 3. The third-order valence-corrected chi connectivity index (χ3v) is 5.13. The van der Waals surface area contributed by atoms with E-state index >= 15 is 0 Å². The number of nitrogens with one attached hydrogen (secondary N) is 1. The number of aromatic amines is 1. The fraction of sp³-hybridized carbons (Fsp3) is 0.118. The van der Waals surface area contributed by atoms with Gasteiger partial charge in [0.2, 0.25) is 5.82 Å². The van der Waals surface area contributed by atoms with E-state index in [4.69, 9.17) is 11.6 Å². The molecule has 0 amide bonds. The quantitative estimate of drug-likeness (QED) is 0.581. The summed E-state index contributed by atoms with van der Waals surface area (Å²) in [7, 11) is -4.22. The zero-order chi connectivity index (χ0) is 20.9. The summed E-state index contributed by atoms with van der Waals surface area (Å²) < 4.78 is 90.8. The number of halogens is 6. The van der Waals surface area contributed by atoms with Gasteiger partial charge in [-0.2, -0.15) is 13.2 Å². The van der Waals surface area contributed by atoms with Crippen LogP contribution in [0.4, 0.5) is 22.0 Å². The van der Waals surface area contributed by atoms with E-state index in [0.717, 1.165) is 0 Å². The van der Waals surface area contributed by atoms with Crippen molar-refractivity contribution in [3.8, 4) is 22.5 Å². The van der Waals surface area contributed by atoms with Crippen molar-refractivity contribution in [2.24, 2.45) is 0 Å². The van der Waals surface area contributed by atoms with E-state index in [0.29, 0.717) is 23.4 Å². The lowest BCUT2D eigenvalue weighted by Crippen LogP contribution is -2.07. The summed E-state index contributed by atoms with van der Waals surface area (Å²) in [4.78, 5) is 4.36. The molecule has 0 bridgehead atoms. The van der Waals surface area contributed by atoms with Crippen LogP contribution in [0.5, 0.6) is 0 Å². The standard InChI is InChI=1S/C17H10ClF5N2O2S/c1-28(26,27)15-11(19)6-9(7-12(15)20)14-13(8-2-4-10(18)5-3-8)24-16(25-14)17(21,22)23/h2-7H,1H3,(H,24,25). The van der Waals surface area contributed by atoms with Gasteiger partial charge in [-0.1, -0.05) is 23.7 Å². The molecule has 0 aliphatic rings. The maximum atomic E-state index is 14.2. The number of aromatic nitrogens is 2. The van der Waals surface area contributed by atoms with Gasteiger partial charge >= 0.3 is 6.18 Å². The molecule has 1 N–H and O–H groups in total. The minimum Gasteiger partial charge on any atom is -0.334 e. The van der Waals surface area contributed by atoms with Crippen LogP contribution in [0, 0.1) is 11.6 Å². The second-order valence-electron chi connectivity index (χ2n) is 5.85. The number of hydrogen-bond acceptors (Lipinski definition) is 3. The molecule has 0 atom stereocenters. The van der Waals surface area contributed by atoms with Crippen molar-refractivity contribution in [2.75, 3.05) is 6.26 Å². The van der Waals surface area contributed by atoms with Crippen LogP contribution in [-0.4, -0.2) is 24.6 Å². The highest BCUT2D eigenvalue weighted by molar-refractivity contribution is 7.90. The first-order chi connectivity index (χ1) is 12.9. The monoisotopic (exact) mass is 436 g/mol. The summed E-state index contributed by atoms with van der Waals surface area (Å²) >= 11 is 5.77. The normalized spacial score (nSPS) is 12.4. The van der Waals surface area contributed by atoms with Crippen LogP contribution >= 0.6 is 11.6 Å². The van der Waals surface area contributed by atoms with Gasteiger partial charge in [-0.05, 0) is 24.3 Å². The average molecular weight is 437 g/mol. The highest BCUT2D eigenvalue weighted by Crippen LogP contribution is 2.37. The average Bonchev–Trinajstić information content (AvgIpc) is 2.99. The van der Waals surface area contributed by atoms with Crippen molar-refractivity contribution in [1.29, 1.82) is 0 Å². The van der Waals surface area contributed by atoms with E-state index in [2.05, 4.69) is 9.97 Å². The van der Waals surface area contributed by atoms with Crippen molar-refractivity contribution in [3.63, 3.8) is 0 Å². The van der Waals surface area contributed by atoms with Gasteiger partial charge < -0.3 is 4.98 Å². The molecule has 0 aliphatic heterocycles. The zero-order valence-corrected chi connectivity index (χ0v) is 15.5. The van der Waals surface area contributed by atoms with Gasteiger partial charge in [-0.25, -0.2) is 22.2 Å². The number of H-pyrrole nitrogens is 1. The first kappa shape index (κ1) is 20.3. The first-order valence-electron chi connectivity index (χ1n) is 7.50. The molecule has 0 radical (unpaired) electrons. The molecule has 0 spiro atoms. The minimum atomic E-state index is -4.84. The van der Waals surface area contributed by atoms with Gasteiger partial charge in [0.1, 0.15) is 16.5 Å². The second-order valence-corrected chi connectivity index (χ2v) is 8.24. The molecular formula is C17H10ClF5N2O2S. The molecule has 3 aromatic rings. The third-order valence-electron chi connectivity index (χ3n) is 3.75. The van der Waals surface area contributed by atoms with E-state index in [1.54, 1.807) is 0 Å². The van der Waals surface area contributed by atoms with E-state index in [1.807, 2.05) is 0 Å². The van der Waals surface area contributed by atoms with Gasteiger partial charge in [0, 0.05) is 22.4 Å². The number of benzene rings is 2. The third kappa shape index (κ3) is 3.88. The molecule has 0 unspecified atom stereocenters. The topological polar surface area (TPSA) is 62.8 Å². The Morgan fingerprint density at radius 2 is 1.54 bits per heavy atom. The molecule has 3 rings (SSSR count). The Kier molecular flexibility index (Phi) is 4.96. The van der Waals surface area contributed by atoms with Crippen LogP contribution in [0.3, 0.4) is 0 Å². The van der Waals surface area contributed by atoms with Crippen LogP contribution in [0.15, 0.2) is 41.3 Å². The Hall–Kier alpha value is -2.46. The number of sulfone groups is 1. The molecule has 1 heterocycles. The highest BCUT2D eigenvalue weighted by Gasteiger charge is 2.36. The van der Waals surface area contributed by atoms with Gasteiger partial charge in [-0.3, -0.25) is 0 Å². The SMILES string of the molecule is CS(=O)(=O)c1c(F)cc(-c2nc(C(F)(F)F)[nH]c2-c2ccc(Cl)cc2)cc1F. The van der Waals surface area contributed by atoms with Crippen LogP contribution in [-0.2, 0) is 16.0 Å². The summed E-state index contributed by atoms with van der Waals surface area (Å²) in [5, 5.41) is 0.329. The van der Waals surface area contributed by atoms with Crippen molar-refractivity contribution >= 4 is 21.4 Å². The Morgan fingerprint density at radius 1 is 1.00 bits per heavy atom. The van der Waals surface area contributed by atoms with Crippen molar-refractivity contribution < 1.29 is 30.4 Å². The molecule has 28 heavy (non-hydrogen) atoms.